The minimum atomic E-state index is 0.115. The quantitative estimate of drug-likeness (QED) is 0.197. The maximum Gasteiger partial charge on any atom is 0.295 e. The predicted octanol–water partition coefficient (Wildman–Crippen LogP) is 9.13. The molecule has 39 heavy (non-hydrogen) atoms. The number of imidazole rings is 1. The summed E-state index contributed by atoms with van der Waals surface area (Å²) in [4.78, 5) is 0. The van der Waals surface area contributed by atoms with E-state index in [2.05, 4.69) is 150 Å². The molecule has 4 aromatic carbocycles. The van der Waals surface area contributed by atoms with Gasteiger partial charge in [-0.3, -0.25) is 0 Å². The number of hydrogen-bond acceptors (Lipinski definition) is 1. The number of rotatable bonds is 7. The number of aromatic nitrogens is 2. The molecule has 1 aromatic heterocycles. The monoisotopic (exact) mass is 517 g/mol. The molecule has 0 saturated carbocycles. The second-order valence-corrected chi connectivity index (χ2v) is 11.5. The minimum absolute atomic E-state index is 0.115. The fourth-order valence-corrected chi connectivity index (χ4v) is 5.70. The summed E-state index contributed by atoms with van der Waals surface area (Å²) in [5, 5.41) is 0. The molecule has 1 heterocycles. The molecule has 0 unspecified atom stereocenters. The molecule has 0 aliphatic rings. The Labute approximate surface area is 233 Å². The predicted molar refractivity (Wildman–Crippen MR) is 164 cm³/mol. The Balaban J connectivity index is 1.91. The van der Waals surface area contributed by atoms with Gasteiger partial charge in [0.25, 0.3) is 5.82 Å². The summed E-state index contributed by atoms with van der Waals surface area (Å²) < 4.78 is 11.1. The summed E-state index contributed by atoms with van der Waals surface area (Å²) in [5.74, 6) is 2.79. The molecule has 3 nitrogen and oxygen atoms in total. The zero-order valence-electron chi connectivity index (χ0n) is 24.6. The molecule has 0 saturated heterocycles. The van der Waals surface area contributed by atoms with Gasteiger partial charge in [-0.25, -0.2) is 4.57 Å². The summed E-state index contributed by atoms with van der Waals surface area (Å²) in [6.07, 6.45) is 0.115. The van der Waals surface area contributed by atoms with Crippen LogP contribution in [0.2, 0.25) is 0 Å². The highest BCUT2D eigenvalue weighted by Gasteiger charge is 2.32. The highest BCUT2D eigenvalue weighted by Crippen LogP contribution is 2.40. The van der Waals surface area contributed by atoms with Crippen LogP contribution in [0, 0.1) is 6.92 Å². The number of benzene rings is 4. The molecule has 0 fully saturated rings. The topological polar surface area (TPSA) is 18.0 Å². The van der Waals surface area contributed by atoms with Crippen molar-refractivity contribution in [2.24, 2.45) is 7.05 Å². The third kappa shape index (κ3) is 4.87. The van der Waals surface area contributed by atoms with E-state index < -0.39 is 0 Å². The zero-order valence-corrected chi connectivity index (χ0v) is 24.6. The lowest BCUT2D eigenvalue weighted by molar-refractivity contribution is -0.633. The Bertz CT molecular complexity index is 1590. The van der Waals surface area contributed by atoms with E-state index in [4.69, 9.17) is 4.74 Å². The van der Waals surface area contributed by atoms with Crippen LogP contribution in [0.3, 0.4) is 0 Å². The third-order valence-electron chi connectivity index (χ3n) is 7.64. The van der Waals surface area contributed by atoms with Crippen molar-refractivity contribution in [3.05, 3.63) is 102 Å². The standard InChI is InChI=1S/C36H41N2O/c1-23(2)30-21-28(27-15-10-9-11-16-27)22-31(24(3)4)35(30)38-33-19-13-12-18-32(33)37(8)36(38)29-17-14-20-34(26(29)7)39-25(5)6/h9-25H,1-8H3/q+1. The maximum absolute atomic E-state index is 6.24. The van der Waals surface area contributed by atoms with E-state index in [-0.39, 0.29) is 6.10 Å². The molecule has 0 aliphatic carbocycles. The van der Waals surface area contributed by atoms with Gasteiger partial charge in [0.2, 0.25) is 0 Å². The number of aryl methyl sites for hydroxylation is 1. The van der Waals surface area contributed by atoms with Crippen molar-refractivity contribution in [1.82, 2.24) is 4.57 Å². The highest BCUT2D eigenvalue weighted by atomic mass is 16.5. The van der Waals surface area contributed by atoms with Crippen LogP contribution in [0.25, 0.3) is 39.2 Å². The average molecular weight is 518 g/mol. The van der Waals surface area contributed by atoms with Gasteiger partial charge in [0, 0.05) is 16.7 Å². The number of ether oxygens (including phenoxy) is 1. The van der Waals surface area contributed by atoms with Gasteiger partial charge in [0.15, 0.2) is 11.0 Å². The summed E-state index contributed by atoms with van der Waals surface area (Å²) >= 11 is 0. The van der Waals surface area contributed by atoms with Crippen LogP contribution in [0.5, 0.6) is 5.75 Å². The molecule has 5 rings (SSSR count). The van der Waals surface area contributed by atoms with Gasteiger partial charge >= 0.3 is 0 Å². The van der Waals surface area contributed by atoms with E-state index in [9.17, 15) is 0 Å². The molecule has 0 bridgehead atoms. The Morgan fingerprint density at radius 2 is 1.31 bits per heavy atom. The van der Waals surface area contributed by atoms with Gasteiger partial charge in [-0.2, -0.15) is 4.57 Å². The second-order valence-electron chi connectivity index (χ2n) is 11.5. The summed E-state index contributed by atoms with van der Waals surface area (Å²) in [7, 11) is 2.19. The Kier molecular flexibility index (Phi) is 7.36. The number of nitrogens with zero attached hydrogens (tertiary/aromatic N) is 2. The van der Waals surface area contributed by atoms with E-state index in [1.807, 2.05) is 0 Å². The maximum atomic E-state index is 6.24. The lowest BCUT2D eigenvalue weighted by atomic mass is 9.88. The molecule has 0 amide bonds. The lowest BCUT2D eigenvalue weighted by Crippen LogP contribution is -2.30. The van der Waals surface area contributed by atoms with Crippen molar-refractivity contribution in [2.75, 3.05) is 0 Å². The van der Waals surface area contributed by atoms with E-state index in [0.717, 1.165) is 11.3 Å². The van der Waals surface area contributed by atoms with Gasteiger partial charge in [0.1, 0.15) is 11.4 Å². The van der Waals surface area contributed by atoms with Crippen LogP contribution in [-0.2, 0) is 7.05 Å². The molecule has 200 valence electrons. The summed E-state index contributed by atoms with van der Waals surface area (Å²) in [6, 6.07) is 30.8. The molecular formula is C36H41N2O+. The smallest absolute Gasteiger partial charge is 0.295 e. The molecule has 0 spiro atoms. The number of fused-ring (bicyclic) bond motifs is 1. The third-order valence-corrected chi connectivity index (χ3v) is 7.64. The van der Waals surface area contributed by atoms with Crippen molar-refractivity contribution in [3.8, 4) is 34.0 Å². The van der Waals surface area contributed by atoms with E-state index in [1.54, 1.807) is 0 Å². The van der Waals surface area contributed by atoms with Gasteiger partial charge in [-0.1, -0.05) is 76.2 Å². The van der Waals surface area contributed by atoms with E-state index >= 15 is 0 Å². The first kappa shape index (κ1) is 26.7. The van der Waals surface area contributed by atoms with Gasteiger partial charge in [-0.05, 0) is 80.1 Å². The largest absolute Gasteiger partial charge is 0.491 e. The molecule has 0 N–H and O–H groups in total. The number of para-hydroxylation sites is 2. The Hall–Kier alpha value is -3.85. The van der Waals surface area contributed by atoms with Crippen LogP contribution in [-0.4, -0.2) is 10.7 Å². The van der Waals surface area contributed by atoms with Crippen molar-refractivity contribution in [1.29, 1.82) is 0 Å². The van der Waals surface area contributed by atoms with Crippen LogP contribution >= 0.6 is 0 Å². The normalized spacial score (nSPS) is 11.8. The first-order chi connectivity index (χ1) is 18.7. The van der Waals surface area contributed by atoms with Gasteiger partial charge in [-0.15, -0.1) is 0 Å². The Morgan fingerprint density at radius 1 is 0.692 bits per heavy atom. The fraction of sp³-hybridized carbons (Fsp3) is 0.306. The SMILES string of the molecule is Cc1c(OC(C)C)cccc1-c1n(-c2c(C(C)C)cc(-c3ccccc3)cc2C(C)C)c2ccccc2[n+]1C. The van der Waals surface area contributed by atoms with Crippen LogP contribution < -0.4 is 9.30 Å². The Morgan fingerprint density at radius 3 is 1.92 bits per heavy atom. The van der Waals surface area contributed by atoms with Crippen molar-refractivity contribution in [3.63, 3.8) is 0 Å². The molecule has 3 heteroatoms. The molecular weight excluding hydrogens is 476 g/mol. The van der Waals surface area contributed by atoms with Gasteiger partial charge in [0.05, 0.1) is 18.7 Å². The van der Waals surface area contributed by atoms with E-state index in [1.165, 1.54) is 50.4 Å². The van der Waals surface area contributed by atoms with Crippen LogP contribution in [0.15, 0.2) is 84.9 Å². The molecule has 0 radical (unpaired) electrons. The zero-order chi connectivity index (χ0) is 27.8. The van der Waals surface area contributed by atoms with Crippen LogP contribution in [0.1, 0.15) is 70.1 Å². The lowest BCUT2D eigenvalue weighted by Gasteiger charge is -2.21. The van der Waals surface area contributed by atoms with E-state index in [0.29, 0.717) is 11.8 Å². The first-order valence-electron chi connectivity index (χ1n) is 14.2. The highest BCUT2D eigenvalue weighted by molar-refractivity contribution is 5.82. The second kappa shape index (κ2) is 10.7. The molecule has 0 atom stereocenters. The summed E-state index contributed by atoms with van der Waals surface area (Å²) in [5.41, 5.74) is 11.3. The van der Waals surface area contributed by atoms with Crippen LogP contribution in [0.4, 0.5) is 0 Å². The molecule has 5 aromatic rings. The van der Waals surface area contributed by atoms with Gasteiger partial charge < -0.3 is 4.74 Å². The summed E-state index contributed by atoms with van der Waals surface area (Å²) in [6.45, 7) is 15.6. The molecule has 0 aliphatic heterocycles. The number of hydrogen-bond donors (Lipinski definition) is 0. The fourth-order valence-electron chi connectivity index (χ4n) is 5.70. The first-order valence-corrected chi connectivity index (χ1v) is 14.2. The van der Waals surface area contributed by atoms with Crippen molar-refractivity contribution in [2.45, 2.75) is 66.4 Å². The van der Waals surface area contributed by atoms with Crippen molar-refractivity contribution >= 4 is 11.0 Å². The van der Waals surface area contributed by atoms with Crippen molar-refractivity contribution < 1.29 is 9.30 Å². The average Bonchev–Trinajstić information content (AvgIpc) is 3.21. The minimum Gasteiger partial charge on any atom is -0.491 e.